The summed E-state index contributed by atoms with van der Waals surface area (Å²) in [6, 6.07) is 4.12. The SMILES string of the molecule is CCC(C)S(=O)(=O)NCC(F)(F)F.CCC(C)c1ccc(C(OCOC)(C(F)(F)F)C(F)(F)F)cc1. The maximum atomic E-state index is 13.3. The Hall–Kier alpha value is -1.58. The van der Waals surface area contributed by atoms with Crippen molar-refractivity contribution in [3.05, 3.63) is 35.4 Å². The topological polar surface area (TPSA) is 64.6 Å². The Morgan fingerprint density at radius 2 is 1.33 bits per heavy atom. The number of methoxy groups -OCH3 is 1. The number of hydrogen-bond acceptors (Lipinski definition) is 4. The van der Waals surface area contributed by atoms with Crippen LogP contribution in [-0.2, 0) is 25.1 Å². The van der Waals surface area contributed by atoms with Gasteiger partial charge in [0.05, 0.1) is 5.25 Å². The fourth-order valence-electron chi connectivity index (χ4n) is 2.71. The Morgan fingerprint density at radius 3 is 1.67 bits per heavy atom. The Kier molecular flexibility index (Phi) is 12.7. The van der Waals surface area contributed by atoms with Crippen LogP contribution in [0.3, 0.4) is 0 Å². The van der Waals surface area contributed by atoms with Gasteiger partial charge in [-0.25, -0.2) is 13.1 Å². The molecule has 0 saturated heterocycles. The summed E-state index contributed by atoms with van der Waals surface area (Å²) in [6.45, 7) is 4.01. The van der Waals surface area contributed by atoms with Crippen LogP contribution in [0, 0.1) is 0 Å². The van der Waals surface area contributed by atoms with Gasteiger partial charge in [0, 0.05) is 12.7 Å². The summed E-state index contributed by atoms with van der Waals surface area (Å²) in [5.41, 5.74) is -4.80. The van der Waals surface area contributed by atoms with Gasteiger partial charge in [0.1, 0.15) is 13.3 Å². The van der Waals surface area contributed by atoms with Gasteiger partial charge in [-0.1, -0.05) is 45.0 Å². The zero-order chi connectivity index (χ0) is 28.6. The second-order valence-corrected chi connectivity index (χ2v) is 10.0. The number of nitrogens with one attached hydrogen (secondary N) is 1. The monoisotopic (exact) mass is 563 g/mol. The minimum Gasteiger partial charge on any atom is -0.359 e. The van der Waals surface area contributed by atoms with Crippen LogP contribution in [0.15, 0.2) is 24.3 Å². The van der Waals surface area contributed by atoms with Gasteiger partial charge in [0.15, 0.2) is 0 Å². The van der Waals surface area contributed by atoms with E-state index in [2.05, 4.69) is 9.47 Å². The van der Waals surface area contributed by atoms with Crippen LogP contribution < -0.4 is 4.72 Å². The van der Waals surface area contributed by atoms with Gasteiger partial charge < -0.3 is 9.47 Å². The summed E-state index contributed by atoms with van der Waals surface area (Å²) < 4.78 is 147. The van der Waals surface area contributed by atoms with Crippen LogP contribution in [0.5, 0.6) is 0 Å². The van der Waals surface area contributed by atoms with Crippen LogP contribution in [0.2, 0.25) is 0 Å². The summed E-state index contributed by atoms with van der Waals surface area (Å²) in [6.07, 6.45) is -14.9. The molecule has 0 fully saturated rings. The quantitative estimate of drug-likeness (QED) is 0.264. The van der Waals surface area contributed by atoms with Crippen LogP contribution >= 0.6 is 0 Å². The molecule has 0 aliphatic heterocycles. The van der Waals surface area contributed by atoms with Crippen LogP contribution in [-0.4, -0.2) is 52.6 Å². The number of alkyl halides is 9. The fourth-order valence-corrected chi connectivity index (χ4v) is 3.80. The summed E-state index contributed by atoms with van der Waals surface area (Å²) in [7, 11) is -2.87. The lowest BCUT2D eigenvalue weighted by Crippen LogP contribution is -2.56. The van der Waals surface area contributed by atoms with E-state index in [1.807, 2.05) is 13.8 Å². The molecule has 36 heavy (non-hydrogen) atoms. The highest BCUT2D eigenvalue weighted by atomic mass is 32.2. The number of sulfonamides is 1. The van der Waals surface area contributed by atoms with Crippen molar-refractivity contribution < 1.29 is 57.4 Å². The first-order valence-corrected chi connectivity index (χ1v) is 12.2. The van der Waals surface area contributed by atoms with E-state index in [4.69, 9.17) is 0 Å². The molecule has 1 rings (SSSR count). The maximum Gasteiger partial charge on any atom is 0.430 e. The van der Waals surface area contributed by atoms with E-state index in [0.717, 1.165) is 19.2 Å². The van der Waals surface area contributed by atoms with E-state index in [1.54, 1.807) is 6.92 Å². The number of benzene rings is 1. The minimum absolute atomic E-state index is 0.0233. The lowest BCUT2D eigenvalue weighted by Gasteiger charge is -2.37. The molecule has 0 saturated carbocycles. The van der Waals surface area contributed by atoms with E-state index in [9.17, 15) is 47.9 Å². The summed E-state index contributed by atoms with van der Waals surface area (Å²) in [5, 5.41) is -0.796. The second-order valence-electron chi connectivity index (χ2n) is 7.86. The normalized spacial score (nSPS) is 15.2. The molecule has 1 aromatic rings. The average Bonchev–Trinajstić information content (AvgIpc) is 2.75. The van der Waals surface area contributed by atoms with Crippen LogP contribution in [0.1, 0.15) is 57.6 Å². The molecular formula is C21H30F9NO4S. The lowest BCUT2D eigenvalue weighted by molar-refractivity contribution is -0.400. The molecule has 0 aliphatic carbocycles. The molecule has 1 N–H and O–H groups in total. The molecule has 15 heteroatoms. The summed E-state index contributed by atoms with van der Waals surface area (Å²) in [4.78, 5) is 0. The zero-order valence-electron chi connectivity index (χ0n) is 20.2. The van der Waals surface area contributed by atoms with Crippen molar-refractivity contribution in [1.29, 1.82) is 0 Å². The van der Waals surface area contributed by atoms with E-state index < -0.39 is 58.3 Å². The molecule has 2 unspecified atom stereocenters. The van der Waals surface area contributed by atoms with Crippen LogP contribution in [0.25, 0.3) is 0 Å². The zero-order valence-corrected chi connectivity index (χ0v) is 21.1. The van der Waals surface area contributed by atoms with Gasteiger partial charge in [-0.3, -0.25) is 0 Å². The summed E-state index contributed by atoms with van der Waals surface area (Å²) >= 11 is 0. The third-order valence-corrected chi connectivity index (χ3v) is 7.21. The van der Waals surface area contributed by atoms with Crippen molar-refractivity contribution >= 4 is 10.0 Å². The van der Waals surface area contributed by atoms with Crippen molar-refractivity contribution in [2.45, 2.75) is 75.8 Å². The number of hydrogen-bond donors (Lipinski definition) is 1. The van der Waals surface area contributed by atoms with Gasteiger partial charge in [-0.15, -0.1) is 0 Å². The van der Waals surface area contributed by atoms with Crippen molar-refractivity contribution in [3.63, 3.8) is 0 Å². The molecule has 0 bridgehead atoms. The van der Waals surface area contributed by atoms with Gasteiger partial charge in [-0.05, 0) is 31.2 Å². The van der Waals surface area contributed by atoms with E-state index >= 15 is 0 Å². The van der Waals surface area contributed by atoms with Gasteiger partial charge >= 0.3 is 18.5 Å². The second kappa shape index (κ2) is 13.3. The van der Waals surface area contributed by atoms with Crippen molar-refractivity contribution in [3.8, 4) is 0 Å². The van der Waals surface area contributed by atoms with Gasteiger partial charge in [0.2, 0.25) is 10.0 Å². The van der Waals surface area contributed by atoms with E-state index in [-0.39, 0.29) is 12.3 Å². The minimum atomic E-state index is -5.69. The van der Waals surface area contributed by atoms with Crippen LogP contribution in [0.4, 0.5) is 39.5 Å². The Morgan fingerprint density at radius 1 is 0.861 bits per heavy atom. The molecule has 0 aliphatic rings. The van der Waals surface area contributed by atoms with E-state index in [1.165, 1.54) is 23.8 Å². The third kappa shape index (κ3) is 9.38. The molecule has 0 radical (unpaired) electrons. The Balaban J connectivity index is 0.000000802. The highest BCUT2D eigenvalue weighted by Crippen LogP contribution is 2.53. The average molecular weight is 564 g/mol. The standard InChI is InChI=1S/C15H18F6O2.C6H12F3NO2S/c1-4-10(2)11-5-7-12(8-6-11)13(14(16,17)18,15(19,20)21)23-9-22-3;1-3-5(2)13(11,12)10-4-6(7,8)9/h5-8,10H,4,9H2,1-3H3;5,10H,3-4H2,1-2H3. The molecular weight excluding hydrogens is 533 g/mol. The predicted molar refractivity (Wildman–Crippen MR) is 115 cm³/mol. The van der Waals surface area contributed by atoms with Crippen molar-refractivity contribution in [1.82, 2.24) is 4.72 Å². The smallest absolute Gasteiger partial charge is 0.359 e. The molecule has 0 spiro atoms. The molecule has 212 valence electrons. The first-order chi connectivity index (χ1) is 16.2. The predicted octanol–water partition coefficient (Wildman–Crippen LogP) is 6.41. The first kappa shape index (κ1) is 34.4. The Bertz CT molecular complexity index is 869. The Labute approximate surface area is 204 Å². The molecule has 5 nitrogen and oxygen atoms in total. The lowest BCUT2D eigenvalue weighted by atomic mass is 9.89. The van der Waals surface area contributed by atoms with Crippen molar-refractivity contribution in [2.75, 3.05) is 20.4 Å². The molecule has 0 aromatic heterocycles. The maximum absolute atomic E-state index is 13.3. The largest absolute Gasteiger partial charge is 0.430 e. The number of rotatable bonds is 10. The van der Waals surface area contributed by atoms with Crippen molar-refractivity contribution in [2.24, 2.45) is 0 Å². The van der Waals surface area contributed by atoms with Gasteiger partial charge in [0.25, 0.3) is 5.60 Å². The van der Waals surface area contributed by atoms with E-state index in [0.29, 0.717) is 12.0 Å². The molecule has 0 amide bonds. The number of ether oxygens (including phenoxy) is 2. The molecule has 2 atom stereocenters. The highest BCUT2D eigenvalue weighted by Gasteiger charge is 2.73. The van der Waals surface area contributed by atoms with Gasteiger partial charge in [-0.2, -0.15) is 39.5 Å². The first-order valence-electron chi connectivity index (χ1n) is 10.6. The molecule has 0 heterocycles. The summed E-state index contributed by atoms with van der Waals surface area (Å²) in [5.74, 6) is 0.0233. The number of halogens is 9. The third-order valence-electron chi connectivity index (χ3n) is 5.27. The fraction of sp³-hybridized carbons (Fsp3) is 0.714. The molecule has 1 aromatic carbocycles. The highest BCUT2D eigenvalue weighted by molar-refractivity contribution is 7.90.